The Hall–Kier alpha value is -1.23. The molecule has 0 bridgehead atoms. The van der Waals surface area contributed by atoms with Crippen molar-refractivity contribution in [2.45, 2.75) is 13.8 Å². The van der Waals surface area contributed by atoms with Crippen LogP contribution in [0.2, 0.25) is 0 Å². The van der Waals surface area contributed by atoms with Crippen molar-refractivity contribution in [1.29, 1.82) is 0 Å². The van der Waals surface area contributed by atoms with Gasteiger partial charge >= 0.3 is 0 Å². The third-order valence-corrected chi connectivity index (χ3v) is 2.15. The van der Waals surface area contributed by atoms with Crippen LogP contribution in [-0.4, -0.2) is 15.5 Å². The Balaban J connectivity index is 0.000000980. The van der Waals surface area contributed by atoms with Crippen LogP contribution >= 0.6 is 0 Å². The first-order chi connectivity index (χ1) is 6.27. The van der Waals surface area contributed by atoms with Gasteiger partial charge in [0.25, 0.3) is 6.33 Å². The zero-order valence-electron chi connectivity index (χ0n) is 8.03. The van der Waals surface area contributed by atoms with Crippen LogP contribution in [-0.2, 0) is 0 Å². The van der Waals surface area contributed by atoms with Gasteiger partial charge < -0.3 is 17.0 Å². The molecule has 0 amide bonds. The molecular formula is C9H11BrN4. The highest BCUT2D eigenvalue weighted by atomic mass is 79.9. The second-order valence-corrected chi connectivity index (χ2v) is 3.07. The Morgan fingerprint density at radius 1 is 1.21 bits per heavy atom. The molecule has 5 heteroatoms. The van der Waals surface area contributed by atoms with Crippen molar-refractivity contribution in [2.24, 2.45) is 0 Å². The second-order valence-electron chi connectivity index (χ2n) is 3.07. The summed E-state index contributed by atoms with van der Waals surface area (Å²) in [7, 11) is 0. The summed E-state index contributed by atoms with van der Waals surface area (Å²) in [6.07, 6.45) is 1.64. The van der Waals surface area contributed by atoms with Crippen LogP contribution in [0.15, 0.2) is 24.5 Å². The molecule has 0 fully saturated rings. The third-order valence-electron chi connectivity index (χ3n) is 2.15. The van der Waals surface area contributed by atoms with Crippen molar-refractivity contribution in [1.82, 2.24) is 15.5 Å². The fraction of sp³-hybridized carbons (Fsp3) is 0.222. The fourth-order valence-electron chi connectivity index (χ4n) is 1.18. The summed E-state index contributed by atoms with van der Waals surface area (Å²) >= 11 is 0. The van der Waals surface area contributed by atoms with E-state index in [2.05, 4.69) is 41.5 Å². The zero-order chi connectivity index (χ0) is 9.26. The van der Waals surface area contributed by atoms with Crippen molar-refractivity contribution in [3.8, 4) is 5.69 Å². The number of tetrazole rings is 1. The van der Waals surface area contributed by atoms with Gasteiger partial charge in [0.05, 0.1) is 0 Å². The minimum absolute atomic E-state index is 0. The van der Waals surface area contributed by atoms with Crippen LogP contribution in [0.25, 0.3) is 5.69 Å². The average Bonchev–Trinajstić information content (AvgIpc) is 2.62. The summed E-state index contributed by atoms with van der Waals surface area (Å²) in [6, 6.07) is 6.20. The lowest BCUT2D eigenvalue weighted by molar-refractivity contribution is -0.660. The Labute approximate surface area is 92.7 Å². The van der Waals surface area contributed by atoms with E-state index in [1.807, 2.05) is 6.07 Å². The smallest absolute Gasteiger partial charge is 0.293 e. The zero-order valence-corrected chi connectivity index (χ0v) is 9.62. The van der Waals surface area contributed by atoms with Crippen LogP contribution in [0.3, 0.4) is 0 Å². The molecule has 14 heavy (non-hydrogen) atoms. The lowest BCUT2D eigenvalue weighted by Gasteiger charge is -2.00. The molecule has 2 rings (SSSR count). The first-order valence-corrected chi connectivity index (χ1v) is 4.13. The van der Waals surface area contributed by atoms with E-state index in [9.17, 15) is 0 Å². The van der Waals surface area contributed by atoms with Gasteiger partial charge in [0.15, 0.2) is 5.21 Å². The van der Waals surface area contributed by atoms with Gasteiger partial charge in [0.1, 0.15) is 10.8 Å². The van der Waals surface area contributed by atoms with E-state index in [1.165, 1.54) is 11.1 Å². The van der Waals surface area contributed by atoms with E-state index in [0.717, 1.165) is 5.69 Å². The molecule has 0 spiro atoms. The van der Waals surface area contributed by atoms with Crippen molar-refractivity contribution < 1.29 is 21.7 Å². The number of rotatable bonds is 1. The molecule has 0 saturated carbocycles. The molecule has 0 atom stereocenters. The van der Waals surface area contributed by atoms with E-state index in [4.69, 9.17) is 0 Å². The number of hydrogen-bond donors (Lipinski definition) is 1. The number of aromatic nitrogens is 4. The van der Waals surface area contributed by atoms with Gasteiger partial charge in [0, 0.05) is 0 Å². The maximum Gasteiger partial charge on any atom is 0.293 e. The van der Waals surface area contributed by atoms with Crippen LogP contribution in [0, 0.1) is 13.8 Å². The highest BCUT2D eigenvalue weighted by molar-refractivity contribution is 5.33. The summed E-state index contributed by atoms with van der Waals surface area (Å²) < 4.78 is 1.77. The summed E-state index contributed by atoms with van der Waals surface area (Å²) in [6.45, 7) is 4.18. The van der Waals surface area contributed by atoms with Gasteiger partial charge in [-0.1, -0.05) is 11.3 Å². The number of benzene rings is 1. The predicted molar refractivity (Wildman–Crippen MR) is 47.4 cm³/mol. The lowest BCUT2D eigenvalue weighted by Crippen LogP contribution is -3.00. The molecule has 1 heterocycles. The number of hydrogen-bond acceptors (Lipinski definition) is 2. The molecule has 2 aromatic rings. The van der Waals surface area contributed by atoms with Crippen LogP contribution in [0.5, 0.6) is 0 Å². The lowest BCUT2D eigenvalue weighted by atomic mass is 10.1. The topological polar surface area (TPSA) is 45.5 Å². The Kier molecular flexibility index (Phi) is 3.35. The molecule has 0 aliphatic heterocycles. The molecule has 1 aromatic heterocycles. The standard InChI is InChI=1S/C9H10N4.BrH/c1-7-3-4-9(5-8(7)2)13-6-10-11-12-13;/h3-6H,1-2H3;1H. The predicted octanol–water partition coefficient (Wildman–Crippen LogP) is -2.30. The molecule has 0 unspecified atom stereocenters. The number of halogens is 1. The molecule has 0 saturated heterocycles. The second kappa shape index (κ2) is 4.32. The molecule has 0 aliphatic rings. The molecular weight excluding hydrogens is 244 g/mol. The van der Waals surface area contributed by atoms with Crippen molar-refractivity contribution in [2.75, 3.05) is 0 Å². The number of nitrogens with one attached hydrogen (secondary N) is 1. The minimum atomic E-state index is 0. The molecule has 1 aromatic carbocycles. The van der Waals surface area contributed by atoms with Gasteiger partial charge in [0.2, 0.25) is 0 Å². The maximum atomic E-state index is 3.71. The Morgan fingerprint density at radius 2 is 2.00 bits per heavy atom. The van der Waals surface area contributed by atoms with E-state index in [1.54, 1.807) is 11.0 Å². The average molecular weight is 255 g/mol. The first-order valence-electron chi connectivity index (χ1n) is 4.13. The van der Waals surface area contributed by atoms with Gasteiger partial charge in [-0.15, -0.1) is 4.68 Å². The number of aryl methyl sites for hydroxylation is 2. The van der Waals surface area contributed by atoms with Gasteiger partial charge in [-0.3, -0.25) is 0 Å². The first kappa shape index (κ1) is 10.8. The monoisotopic (exact) mass is 254 g/mol. The van der Waals surface area contributed by atoms with Crippen LogP contribution in [0.4, 0.5) is 0 Å². The Morgan fingerprint density at radius 3 is 2.57 bits per heavy atom. The van der Waals surface area contributed by atoms with Crippen molar-refractivity contribution >= 4 is 0 Å². The largest absolute Gasteiger partial charge is 1.00 e. The van der Waals surface area contributed by atoms with Crippen LogP contribution < -0.4 is 21.7 Å². The van der Waals surface area contributed by atoms with E-state index >= 15 is 0 Å². The van der Waals surface area contributed by atoms with Crippen molar-refractivity contribution in [3.63, 3.8) is 0 Å². The summed E-state index contributed by atoms with van der Waals surface area (Å²) in [5.74, 6) is 0. The van der Waals surface area contributed by atoms with Gasteiger partial charge in [-0.2, -0.15) is 0 Å². The maximum absolute atomic E-state index is 3.71. The highest BCUT2D eigenvalue weighted by Crippen LogP contribution is 2.08. The van der Waals surface area contributed by atoms with Gasteiger partial charge in [-0.05, 0) is 37.1 Å². The molecule has 1 N–H and O–H groups in total. The van der Waals surface area contributed by atoms with E-state index < -0.39 is 0 Å². The third kappa shape index (κ3) is 1.98. The van der Waals surface area contributed by atoms with Gasteiger partial charge in [-0.25, -0.2) is 0 Å². The fourth-order valence-corrected chi connectivity index (χ4v) is 1.18. The highest BCUT2D eigenvalue weighted by Gasteiger charge is 2.03. The summed E-state index contributed by atoms with van der Waals surface area (Å²) in [4.78, 5) is 0. The SMILES string of the molecule is Cc1ccc(-[n+]2cnn[nH]2)cc1C.[Br-]. The molecule has 4 nitrogen and oxygen atoms in total. The minimum Gasteiger partial charge on any atom is -1.00 e. The Bertz CT molecular complexity index is 411. The summed E-state index contributed by atoms with van der Waals surface area (Å²) in [5.41, 5.74) is 3.60. The molecule has 0 aliphatic carbocycles. The molecule has 0 radical (unpaired) electrons. The van der Waals surface area contributed by atoms with Crippen molar-refractivity contribution in [3.05, 3.63) is 35.7 Å². The van der Waals surface area contributed by atoms with E-state index in [0.29, 0.717) is 0 Å². The number of aromatic amines is 1. The summed E-state index contributed by atoms with van der Waals surface area (Å²) in [5, 5.41) is 10.1. The normalized spacial score (nSPS) is 9.57. The number of H-pyrrole nitrogens is 1. The number of nitrogens with zero attached hydrogens (tertiary/aromatic N) is 3. The van der Waals surface area contributed by atoms with E-state index in [-0.39, 0.29) is 17.0 Å². The van der Waals surface area contributed by atoms with Crippen LogP contribution in [0.1, 0.15) is 11.1 Å². The quantitative estimate of drug-likeness (QED) is 0.583. The molecule has 74 valence electrons.